The zero-order valence-corrected chi connectivity index (χ0v) is 20.3. The van der Waals surface area contributed by atoms with Gasteiger partial charge in [-0.05, 0) is 42.8 Å². The summed E-state index contributed by atoms with van der Waals surface area (Å²) in [6.45, 7) is 1.88. The molecule has 0 spiro atoms. The molecule has 1 atom stereocenters. The molecule has 3 aromatic carbocycles. The number of amides is 1. The van der Waals surface area contributed by atoms with Crippen LogP contribution in [0.3, 0.4) is 0 Å². The Morgan fingerprint density at radius 1 is 0.971 bits per heavy atom. The fourth-order valence-corrected chi connectivity index (χ4v) is 4.19. The zero-order valence-electron chi connectivity index (χ0n) is 19.4. The van der Waals surface area contributed by atoms with Crippen LogP contribution < -0.4 is 5.14 Å². The number of para-hydroxylation sites is 1. The molecule has 0 saturated carbocycles. The predicted octanol–water partition coefficient (Wildman–Crippen LogP) is 4.42. The first-order chi connectivity index (χ1) is 16.7. The molecule has 0 aliphatic carbocycles. The average molecular weight is 487 g/mol. The van der Waals surface area contributed by atoms with Crippen LogP contribution >= 0.6 is 0 Å². The highest BCUT2D eigenvalue weighted by molar-refractivity contribution is 7.89. The second kappa shape index (κ2) is 10.1. The highest BCUT2D eigenvalue weighted by Gasteiger charge is 2.17. The van der Waals surface area contributed by atoms with Gasteiger partial charge < -0.3 is 4.90 Å². The van der Waals surface area contributed by atoms with Crippen molar-refractivity contribution in [1.29, 1.82) is 0 Å². The Balaban J connectivity index is 1.58. The number of likely N-dealkylation sites (N-methyl/N-ethyl adjacent to an activating group) is 1. The van der Waals surface area contributed by atoms with E-state index in [0.717, 1.165) is 28.1 Å². The Bertz CT molecular complexity index is 1450. The molecule has 35 heavy (non-hydrogen) atoms. The van der Waals surface area contributed by atoms with Gasteiger partial charge in [-0.15, -0.1) is 0 Å². The van der Waals surface area contributed by atoms with Crippen molar-refractivity contribution < 1.29 is 13.2 Å². The second-order valence-electron chi connectivity index (χ2n) is 8.15. The van der Waals surface area contributed by atoms with Gasteiger partial charge in [0.05, 0.1) is 22.3 Å². The number of aromatic nitrogens is 2. The topological polar surface area (TPSA) is 98.3 Å². The van der Waals surface area contributed by atoms with Crippen LogP contribution in [0.1, 0.15) is 24.1 Å². The highest BCUT2D eigenvalue weighted by atomic mass is 32.2. The van der Waals surface area contributed by atoms with Gasteiger partial charge in [-0.25, -0.2) is 18.2 Å². The fourth-order valence-electron chi connectivity index (χ4n) is 3.67. The Morgan fingerprint density at radius 3 is 2.17 bits per heavy atom. The number of rotatable bonds is 7. The molecule has 0 fully saturated rings. The third kappa shape index (κ3) is 5.56. The van der Waals surface area contributed by atoms with E-state index < -0.39 is 10.0 Å². The van der Waals surface area contributed by atoms with Crippen LogP contribution in [0.5, 0.6) is 0 Å². The number of nitrogens with two attached hydrogens (primary N) is 1. The van der Waals surface area contributed by atoms with Crippen molar-refractivity contribution in [1.82, 2.24) is 14.7 Å². The van der Waals surface area contributed by atoms with E-state index in [0.29, 0.717) is 0 Å². The Labute approximate surface area is 205 Å². The zero-order chi connectivity index (χ0) is 25.0. The maximum atomic E-state index is 13.0. The smallest absolute Gasteiger partial charge is 0.246 e. The molecule has 0 saturated heterocycles. The number of hydrogen-bond donors (Lipinski definition) is 1. The van der Waals surface area contributed by atoms with Gasteiger partial charge in [0.2, 0.25) is 15.9 Å². The van der Waals surface area contributed by atoms with Crippen molar-refractivity contribution in [2.75, 3.05) is 7.05 Å². The van der Waals surface area contributed by atoms with Crippen molar-refractivity contribution in [3.8, 4) is 16.9 Å². The molecule has 1 heterocycles. The number of sulfonamides is 1. The van der Waals surface area contributed by atoms with E-state index in [4.69, 9.17) is 10.2 Å². The van der Waals surface area contributed by atoms with E-state index in [-0.39, 0.29) is 16.8 Å². The molecule has 4 rings (SSSR count). The van der Waals surface area contributed by atoms with Crippen LogP contribution in [-0.4, -0.2) is 36.1 Å². The molecule has 1 unspecified atom stereocenters. The van der Waals surface area contributed by atoms with Gasteiger partial charge in [0, 0.05) is 30.4 Å². The van der Waals surface area contributed by atoms with Crippen LogP contribution in [0.25, 0.3) is 23.0 Å². The third-order valence-corrected chi connectivity index (χ3v) is 6.76. The summed E-state index contributed by atoms with van der Waals surface area (Å²) in [6, 6.07) is 25.5. The molecular weight excluding hydrogens is 460 g/mol. The molecule has 0 aliphatic rings. The van der Waals surface area contributed by atoms with Crippen LogP contribution in [0.15, 0.2) is 102 Å². The van der Waals surface area contributed by atoms with Crippen LogP contribution in [0, 0.1) is 0 Å². The molecule has 1 amide bonds. The number of hydrogen-bond acceptors (Lipinski definition) is 4. The van der Waals surface area contributed by atoms with Crippen molar-refractivity contribution in [2.45, 2.75) is 17.9 Å². The fraction of sp³-hybridized carbons (Fsp3) is 0.111. The summed E-state index contributed by atoms with van der Waals surface area (Å²) in [5.74, 6) is -0.195. The van der Waals surface area contributed by atoms with E-state index in [1.54, 1.807) is 34.8 Å². The molecule has 178 valence electrons. The molecule has 1 aromatic heterocycles. The first-order valence-electron chi connectivity index (χ1n) is 11.0. The van der Waals surface area contributed by atoms with Gasteiger partial charge in [-0.2, -0.15) is 5.10 Å². The number of carbonyl (C=O) groups is 1. The number of benzene rings is 3. The molecule has 0 aliphatic heterocycles. The Kier molecular flexibility index (Phi) is 6.95. The number of carbonyl (C=O) groups excluding carboxylic acids is 1. The minimum absolute atomic E-state index is 0.0335. The summed E-state index contributed by atoms with van der Waals surface area (Å²) >= 11 is 0. The van der Waals surface area contributed by atoms with Gasteiger partial charge in [-0.1, -0.05) is 60.7 Å². The summed E-state index contributed by atoms with van der Waals surface area (Å²) in [5.41, 5.74) is 4.25. The largest absolute Gasteiger partial charge is 0.335 e. The summed E-state index contributed by atoms with van der Waals surface area (Å²) in [4.78, 5) is 14.6. The van der Waals surface area contributed by atoms with Gasteiger partial charge in [0.25, 0.3) is 0 Å². The van der Waals surface area contributed by atoms with E-state index in [1.807, 2.05) is 73.8 Å². The molecule has 4 aromatic rings. The van der Waals surface area contributed by atoms with Gasteiger partial charge in [0.15, 0.2) is 0 Å². The van der Waals surface area contributed by atoms with Crippen LogP contribution in [0.4, 0.5) is 0 Å². The van der Waals surface area contributed by atoms with Crippen molar-refractivity contribution in [3.05, 3.63) is 108 Å². The standard InChI is InChI=1S/C27H26N4O3S/c1-20(21-13-16-25(17-14-21)35(28,33)34)30(2)26(32)18-15-23-19-31(24-11-7-4-8-12-24)29-27(23)22-9-5-3-6-10-22/h3-20H,1-2H3,(H2,28,33,34)/b18-15+. The van der Waals surface area contributed by atoms with Gasteiger partial charge >= 0.3 is 0 Å². The van der Waals surface area contributed by atoms with E-state index >= 15 is 0 Å². The SMILES string of the molecule is CC(c1ccc(S(N)(=O)=O)cc1)N(C)C(=O)/C=C/c1cn(-c2ccccc2)nc1-c1ccccc1. The maximum absolute atomic E-state index is 13.0. The average Bonchev–Trinajstić information content (AvgIpc) is 3.31. The van der Waals surface area contributed by atoms with E-state index in [2.05, 4.69) is 0 Å². The minimum atomic E-state index is -3.77. The van der Waals surface area contributed by atoms with Crippen LogP contribution in [-0.2, 0) is 14.8 Å². The van der Waals surface area contributed by atoms with Crippen LogP contribution in [0.2, 0.25) is 0 Å². The predicted molar refractivity (Wildman–Crippen MR) is 137 cm³/mol. The first-order valence-corrected chi connectivity index (χ1v) is 12.6. The molecule has 8 heteroatoms. The van der Waals surface area contributed by atoms with Gasteiger partial charge in [0.1, 0.15) is 0 Å². The molecular formula is C27H26N4O3S. The molecule has 7 nitrogen and oxygen atoms in total. The normalized spacial score (nSPS) is 12.5. The highest BCUT2D eigenvalue weighted by Crippen LogP contribution is 2.25. The van der Waals surface area contributed by atoms with Gasteiger partial charge in [-0.3, -0.25) is 4.79 Å². The van der Waals surface area contributed by atoms with E-state index in [1.165, 1.54) is 18.2 Å². The summed E-state index contributed by atoms with van der Waals surface area (Å²) in [6.07, 6.45) is 5.19. The lowest BCUT2D eigenvalue weighted by Gasteiger charge is -2.24. The van der Waals surface area contributed by atoms with E-state index in [9.17, 15) is 13.2 Å². The van der Waals surface area contributed by atoms with Crippen molar-refractivity contribution in [2.24, 2.45) is 5.14 Å². The number of primary sulfonamides is 1. The maximum Gasteiger partial charge on any atom is 0.246 e. The monoisotopic (exact) mass is 486 g/mol. The summed E-state index contributed by atoms with van der Waals surface area (Å²) in [7, 11) is -2.06. The lowest BCUT2D eigenvalue weighted by atomic mass is 10.1. The second-order valence-corrected chi connectivity index (χ2v) is 9.71. The minimum Gasteiger partial charge on any atom is -0.335 e. The molecule has 0 radical (unpaired) electrons. The Hall–Kier alpha value is -4.01. The lowest BCUT2D eigenvalue weighted by molar-refractivity contribution is -0.126. The summed E-state index contributed by atoms with van der Waals surface area (Å²) < 4.78 is 24.8. The molecule has 0 bridgehead atoms. The molecule has 2 N–H and O–H groups in total. The summed E-state index contributed by atoms with van der Waals surface area (Å²) in [5, 5.41) is 9.94. The van der Waals surface area contributed by atoms with Crippen molar-refractivity contribution in [3.63, 3.8) is 0 Å². The van der Waals surface area contributed by atoms with Crippen molar-refractivity contribution >= 4 is 22.0 Å². The lowest BCUT2D eigenvalue weighted by Crippen LogP contribution is -2.28. The first kappa shape index (κ1) is 24.1. The quantitative estimate of drug-likeness (QED) is 0.391. The number of nitrogens with zero attached hydrogens (tertiary/aromatic N) is 3. The Morgan fingerprint density at radius 2 is 1.57 bits per heavy atom. The third-order valence-electron chi connectivity index (χ3n) is 5.84.